The third-order valence-corrected chi connectivity index (χ3v) is 8.10. The van der Waals surface area contributed by atoms with Gasteiger partial charge in [-0.25, -0.2) is 4.68 Å². The molecule has 1 aliphatic rings. The predicted octanol–water partition coefficient (Wildman–Crippen LogP) is 7.98. The van der Waals surface area contributed by atoms with Crippen LogP contribution in [0.25, 0.3) is 10.9 Å². The Morgan fingerprint density at radius 2 is 1.81 bits per heavy atom. The number of halogens is 2. The molecule has 0 amide bonds. The van der Waals surface area contributed by atoms with Gasteiger partial charge in [-0.3, -0.25) is 4.98 Å². The SMILES string of the molecule is CCC(Nc1c(C#N)cnc2c(Cl)cc(NC(c3cn(C4CC4)nn3)c3cc(C#N)ccc3Cl)cc12)c1ccccc1. The second kappa shape index (κ2) is 11.7. The van der Waals surface area contributed by atoms with E-state index < -0.39 is 6.04 Å². The fraction of sp³-hybridized carbons (Fsp3) is 0.219. The number of hydrogen-bond donors (Lipinski definition) is 2. The van der Waals surface area contributed by atoms with E-state index >= 15 is 0 Å². The summed E-state index contributed by atoms with van der Waals surface area (Å²) in [5, 5.41) is 37.2. The van der Waals surface area contributed by atoms with Gasteiger partial charge in [0.1, 0.15) is 11.8 Å². The number of pyridine rings is 1. The molecule has 0 saturated heterocycles. The highest BCUT2D eigenvalue weighted by molar-refractivity contribution is 6.36. The summed E-state index contributed by atoms with van der Waals surface area (Å²) >= 11 is 13.5. The van der Waals surface area contributed by atoms with Gasteiger partial charge in [0.25, 0.3) is 0 Å². The van der Waals surface area contributed by atoms with Crippen molar-refractivity contribution in [1.29, 1.82) is 10.5 Å². The molecule has 0 radical (unpaired) electrons. The number of aromatic nitrogens is 4. The van der Waals surface area contributed by atoms with Crippen LogP contribution in [-0.4, -0.2) is 20.0 Å². The lowest BCUT2D eigenvalue weighted by atomic mass is 10.0. The summed E-state index contributed by atoms with van der Waals surface area (Å²) in [6, 6.07) is 23.2. The lowest BCUT2D eigenvalue weighted by Crippen LogP contribution is -2.14. The van der Waals surface area contributed by atoms with Crippen molar-refractivity contribution in [3.63, 3.8) is 0 Å². The fourth-order valence-electron chi connectivity index (χ4n) is 5.12. The standard InChI is InChI=1S/C32H26Cl2N8/c1-2-28(20-6-4-3-5-7-20)39-30-21(16-36)17-37-31-25(30)13-22(14-27(31)34)38-32(24-12-19(15-35)8-11-26(24)33)29-18-42(41-40-29)23-9-10-23/h3-8,11-14,17-18,23,28,32,38H,2,9-10H2,1H3,(H,37,39). The zero-order valence-corrected chi connectivity index (χ0v) is 24.2. The second-order valence-electron chi connectivity index (χ2n) is 10.3. The van der Waals surface area contributed by atoms with Crippen LogP contribution in [-0.2, 0) is 0 Å². The van der Waals surface area contributed by atoms with Gasteiger partial charge in [-0.05, 0) is 55.2 Å². The van der Waals surface area contributed by atoms with E-state index in [2.05, 4.69) is 57.1 Å². The Kier molecular flexibility index (Phi) is 7.67. The maximum absolute atomic E-state index is 10.0. The van der Waals surface area contributed by atoms with Gasteiger partial charge in [0.2, 0.25) is 0 Å². The number of benzene rings is 3. The normalized spacial score (nSPS) is 14.1. The van der Waals surface area contributed by atoms with Crippen molar-refractivity contribution < 1.29 is 0 Å². The Balaban J connectivity index is 1.46. The molecule has 2 heterocycles. The van der Waals surface area contributed by atoms with Crippen LogP contribution in [0.1, 0.15) is 72.3 Å². The first kappa shape index (κ1) is 27.5. The van der Waals surface area contributed by atoms with Crippen LogP contribution in [0.4, 0.5) is 11.4 Å². The van der Waals surface area contributed by atoms with Gasteiger partial charge in [-0.2, -0.15) is 10.5 Å². The lowest BCUT2D eigenvalue weighted by Gasteiger charge is -2.23. The molecule has 1 saturated carbocycles. The first-order chi connectivity index (χ1) is 20.5. The highest BCUT2D eigenvalue weighted by atomic mass is 35.5. The van der Waals surface area contributed by atoms with Gasteiger partial charge in [0.05, 0.1) is 57.7 Å². The van der Waals surface area contributed by atoms with E-state index in [1.807, 2.05) is 35.1 Å². The molecule has 2 unspecified atom stereocenters. The zero-order valence-electron chi connectivity index (χ0n) is 22.7. The first-order valence-corrected chi connectivity index (χ1v) is 14.5. The van der Waals surface area contributed by atoms with E-state index in [9.17, 15) is 10.5 Å². The van der Waals surface area contributed by atoms with Crippen LogP contribution in [0.2, 0.25) is 10.0 Å². The van der Waals surface area contributed by atoms with Crippen molar-refractivity contribution in [2.24, 2.45) is 0 Å². The molecule has 0 aliphatic heterocycles. The molecule has 5 aromatic rings. The van der Waals surface area contributed by atoms with Crippen molar-refractivity contribution >= 4 is 45.5 Å². The van der Waals surface area contributed by atoms with Gasteiger partial charge in [-0.1, -0.05) is 65.7 Å². The molecule has 1 fully saturated rings. The molecule has 2 atom stereocenters. The Bertz CT molecular complexity index is 1850. The van der Waals surface area contributed by atoms with Crippen molar-refractivity contribution in [3.05, 3.63) is 111 Å². The topological polar surface area (TPSA) is 115 Å². The summed E-state index contributed by atoms with van der Waals surface area (Å²) < 4.78 is 1.87. The minimum atomic E-state index is -0.525. The zero-order chi connectivity index (χ0) is 29.2. The van der Waals surface area contributed by atoms with E-state index in [0.717, 1.165) is 24.8 Å². The molecule has 208 valence electrons. The highest BCUT2D eigenvalue weighted by Crippen LogP contribution is 2.39. The third-order valence-electron chi connectivity index (χ3n) is 7.47. The minimum Gasteiger partial charge on any atom is -0.377 e. The molecule has 42 heavy (non-hydrogen) atoms. The lowest BCUT2D eigenvalue weighted by molar-refractivity contribution is 0.610. The Hall–Kier alpha value is -4.63. The van der Waals surface area contributed by atoms with E-state index in [1.165, 1.54) is 0 Å². The molecule has 2 N–H and O–H groups in total. The predicted molar refractivity (Wildman–Crippen MR) is 164 cm³/mol. The van der Waals surface area contributed by atoms with Gasteiger partial charge in [0, 0.05) is 27.9 Å². The summed E-state index contributed by atoms with van der Waals surface area (Å²) in [6.07, 6.45) is 6.40. The molecule has 3 aromatic carbocycles. The van der Waals surface area contributed by atoms with Gasteiger partial charge in [-0.15, -0.1) is 5.10 Å². The number of nitrogens with one attached hydrogen (secondary N) is 2. The van der Waals surface area contributed by atoms with Gasteiger partial charge < -0.3 is 10.6 Å². The van der Waals surface area contributed by atoms with Crippen LogP contribution in [0, 0.1) is 22.7 Å². The third kappa shape index (κ3) is 5.47. The molecule has 10 heteroatoms. The molecule has 0 bridgehead atoms. The number of nitriles is 2. The molecule has 6 rings (SSSR count). The minimum absolute atomic E-state index is 0.0305. The first-order valence-electron chi connectivity index (χ1n) is 13.7. The molecular formula is C32H26Cl2N8. The van der Waals surface area contributed by atoms with E-state index in [-0.39, 0.29) is 6.04 Å². The number of rotatable bonds is 9. The fourth-order valence-corrected chi connectivity index (χ4v) is 5.61. The van der Waals surface area contributed by atoms with E-state index in [1.54, 1.807) is 30.5 Å². The van der Waals surface area contributed by atoms with Crippen LogP contribution >= 0.6 is 23.2 Å². The van der Waals surface area contributed by atoms with Crippen LogP contribution in [0.5, 0.6) is 0 Å². The summed E-state index contributed by atoms with van der Waals surface area (Å²) in [6.45, 7) is 2.10. The van der Waals surface area contributed by atoms with Gasteiger partial charge in [0.15, 0.2) is 0 Å². The van der Waals surface area contributed by atoms with Crippen molar-refractivity contribution in [2.75, 3.05) is 10.6 Å². The average Bonchev–Trinajstić information content (AvgIpc) is 3.75. The Labute approximate surface area is 253 Å². The second-order valence-corrected chi connectivity index (χ2v) is 11.1. The van der Waals surface area contributed by atoms with Crippen molar-refractivity contribution in [3.8, 4) is 12.1 Å². The molecule has 1 aliphatic carbocycles. The number of anilines is 2. The monoisotopic (exact) mass is 592 g/mol. The maximum atomic E-state index is 10.0. The summed E-state index contributed by atoms with van der Waals surface area (Å²) in [4.78, 5) is 4.52. The van der Waals surface area contributed by atoms with Gasteiger partial charge >= 0.3 is 0 Å². The summed E-state index contributed by atoms with van der Waals surface area (Å²) in [5.41, 5.74) is 5.26. The van der Waals surface area contributed by atoms with Crippen LogP contribution < -0.4 is 10.6 Å². The highest BCUT2D eigenvalue weighted by Gasteiger charge is 2.28. The molecule has 0 spiro atoms. The van der Waals surface area contributed by atoms with E-state index in [0.29, 0.717) is 60.7 Å². The van der Waals surface area contributed by atoms with Crippen molar-refractivity contribution in [2.45, 2.75) is 44.3 Å². The number of hydrogen-bond acceptors (Lipinski definition) is 7. The van der Waals surface area contributed by atoms with E-state index in [4.69, 9.17) is 23.2 Å². The average molecular weight is 594 g/mol. The van der Waals surface area contributed by atoms with Crippen LogP contribution in [0.3, 0.4) is 0 Å². The van der Waals surface area contributed by atoms with Crippen LogP contribution in [0.15, 0.2) is 73.1 Å². The number of fused-ring (bicyclic) bond motifs is 1. The largest absolute Gasteiger partial charge is 0.377 e. The Morgan fingerprint density at radius 1 is 1.00 bits per heavy atom. The maximum Gasteiger partial charge on any atom is 0.110 e. The quantitative estimate of drug-likeness (QED) is 0.178. The molecule has 2 aromatic heterocycles. The molecular weight excluding hydrogens is 567 g/mol. The summed E-state index contributed by atoms with van der Waals surface area (Å²) in [7, 11) is 0. The smallest absolute Gasteiger partial charge is 0.110 e. The number of nitrogens with zero attached hydrogens (tertiary/aromatic N) is 6. The van der Waals surface area contributed by atoms with Crippen molar-refractivity contribution in [1.82, 2.24) is 20.0 Å². The Morgan fingerprint density at radius 3 is 2.52 bits per heavy atom. The molecule has 8 nitrogen and oxygen atoms in total. The summed E-state index contributed by atoms with van der Waals surface area (Å²) in [5.74, 6) is 0.